The van der Waals surface area contributed by atoms with Crippen molar-refractivity contribution in [2.45, 2.75) is 25.9 Å². The smallest absolute Gasteiger partial charge is 0.234 e. The molecule has 0 bridgehead atoms. The van der Waals surface area contributed by atoms with Gasteiger partial charge in [0.05, 0.1) is 12.6 Å². The summed E-state index contributed by atoms with van der Waals surface area (Å²) in [6.45, 7) is 3.48. The Morgan fingerprint density at radius 1 is 1.04 bits per heavy atom. The monoisotopic (exact) mass is 386 g/mol. The first-order valence-electron chi connectivity index (χ1n) is 7.70. The molecule has 0 saturated heterocycles. The Labute approximate surface area is 155 Å². The van der Waals surface area contributed by atoms with E-state index in [1.54, 1.807) is 32.0 Å². The summed E-state index contributed by atoms with van der Waals surface area (Å²) in [6.07, 6.45) is 0. The van der Waals surface area contributed by atoms with E-state index in [-0.39, 0.29) is 18.5 Å². The summed E-state index contributed by atoms with van der Waals surface area (Å²) in [5.41, 5.74) is 1.04. The van der Waals surface area contributed by atoms with E-state index in [0.29, 0.717) is 15.6 Å². The summed E-state index contributed by atoms with van der Waals surface area (Å²) in [5, 5.41) is 6.70. The molecular weight excluding hydrogens is 369 g/mol. The van der Waals surface area contributed by atoms with E-state index in [0.717, 1.165) is 11.6 Å². The minimum Gasteiger partial charge on any atom is -0.348 e. The number of hydrogen-bond donors (Lipinski definition) is 2. The van der Waals surface area contributed by atoms with E-state index in [1.807, 2.05) is 0 Å². The summed E-state index contributed by atoms with van der Waals surface area (Å²) in [7, 11) is 0. The van der Waals surface area contributed by atoms with Crippen LogP contribution < -0.4 is 10.6 Å². The average molecular weight is 387 g/mol. The van der Waals surface area contributed by atoms with Crippen LogP contribution >= 0.6 is 23.2 Å². The van der Waals surface area contributed by atoms with Crippen LogP contribution in [0.4, 0.5) is 8.78 Å². The van der Waals surface area contributed by atoms with Crippen LogP contribution in [0.5, 0.6) is 0 Å². The van der Waals surface area contributed by atoms with Crippen molar-refractivity contribution in [1.82, 2.24) is 10.6 Å². The van der Waals surface area contributed by atoms with Crippen LogP contribution in [0.25, 0.3) is 0 Å². The molecule has 2 aromatic rings. The highest BCUT2D eigenvalue weighted by Gasteiger charge is 2.15. The van der Waals surface area contributed by atoms with Crippen LogP contribution in [0.2, 0.25) is 10.0 Å². The Morgan fingerprint density at radius 2 is 1.72 bits per heavy atom. The molecule has 0 saturated carbocycles. The first-order valence-corrected chi connectivity index (χ1v) is 8.46. The maximum Gasteiger partial charge on any atom is 0.234 e. The second-order valence-electron chi connectivity index (χ2n) is 5.72. The number of benzene rings is 2. The highest BCUT2D eigenvalue weighted by molar-refractivity contribution is 6.35. The van der Waals surface area contributed by atoms with Gasteiger partial charge in [0.15, 0.2) is 0 Å². The molecule has 1 amide bonds. The quantitative estimate of drug-likeness (QED) is 0.748. The molecular formula is C18H18Cl2F2N2O. The zero-order valence-electron chi connectivity index (χ0n) is 13.7. The van der Waals surface area contributed by atoms with Crippen molar-refractivity contribution in [2.75, 3.05) is 6.54 Å². The molecule has 7 heteroatoms. The Bertz CT molecular complexity index is 771. The molecule has 0 spiro atoms. The maximum atomic E-state index is 13.7. The number of carbonyl (C=O) groups is 1. The van der Waals surface area contributed by atoms with Gasteiger partial charge >= 0.3 is 0 Å². The lowest BCUT2D eigenvalue weighted by molar-refractivity contribution is -0.121. The summed E-state index contributed by atoms with van der Waals surface area (Å²) < 4.78 is 26.7. The van der Waals surface area contributed by atoms with E-state index >= 15 is 0 Å². The minimum absolute atomic E-state index is 0.0203. The van der Waals surface area contributed by atoms with Crippen molar-refractivity contribution in [2.24, 2.45) is 0 Å². The second-order valence-corrected chi connectivity index (χ2v) is 6.57. The van der Waals surface area contributed by atoms with Crippen molar-refractivity contribution in [3.8, 4) is 0 Å². The van der Waals surface area contributed by atoms with Gasteiger partial charge in [0, 0.05) is 27.7 Å². The fourth-order valence-corrected chi connectivity index (χ4v) is 3.00. The Morgan fingerprint density at radius 3 is 2.36 bits per heavy atom. The van der Waals surface area contributed by atoms with Crippen LogP contribution in [0, 0.1) is 11.6 Å². The number of rotatable bonds is 6. The fourth-order valence-electron chi connectivity index (χ4n) is 2.43. The van der Waals surface area contributed by atoms with Crippen molar-refractivity contribution >= 4 is 29.1 Å². The largest absolute Gasteiger partial charge is 0.348 e. The second kappa shape index (κ2) is 8.61. The molecule has 2 N–H and O–H groups in total. The summed E-state index contributed by atoms with van der Waals surface area (Å²) in [5.74, 6) is -1.56. The van der Waals surface area contributed by atoms with Crippen LogP contribution in [0.15, 0.2) is 36.4 Å². The third-order valence-electron chi connectivity index (χ3n) is 3.80. The van der Waals surface area contributed by atoms with Crippen LogP contribution in [0.3, 0.4) is 0 Å². The molecule has 2 rings (SSSR count). The topological polar surface area (TPSA) is 41.1 Å². The van der Waals surface area contributed by atoms with Gasteiger partial charge in [0.2, 0.25) is 5.91 Å². The lowest BCUT2D eigenvalue weighted by Crippen LogP contribution is -2.36. The molecule has 0 aliphatic heterocycles. The summed E-state index contributed by atoms with van der Waals surface area (Å²) in [4.78, 5) is 12.1. The van der Waals surface area contributed by atoms with Crippen LogP contribution in [-0.2, 0) is 4.79 Å². The van der Waals surface area contributed by atoms with Gasteiger partial charge in [-0.15, -0.1) is 0 Å². The standard InChI is InChI=1S/C18H18Cl2F2N2O/c1-10(15-6-4-13(21)8-17(15)22)23-9-18(25)24-11(2)14-5-3-12(19)7-16(14)20/h3-8,10-11,23H,9H2,1-2H3,(H,24,25)/t10-,11-/m1/s1. The maximum absolute atomic E-state index is 13.7. The normalized spacial score (nSPS) is 13.4. The molecule has 0 aliphatic rings. The third-order valence-corrected chi connectivity index (χ3v) is 4.37. The minimum atomic E-state index is -0.651. The molecule has 0 aliphatic carbocycles. The summed E-state index contributed by atoms with van der Waals surface area (Å²) >= 11 is 12.0. The van der Waals surface area contributed by atoms with Gasteiger partial charge < -0.3 is 10.6 Å². The lowest BCUT2D eigenvalue weighted by Gasteiger charge is -2.18. The highest BCUT2D eigenvalue weighted by Crippen LogP contribution is 2.26. The molecule has 2 aromatic carbocycles. The van der Waals surface area contributed by atoms with Gasteiger partial charge in [-0.05, 0) is 37.6 Å². The first-order chi connectivity index (χ1) is 11.8. The zero-order chi connectivity index (χ0) is 18.6. The van der Waals surface area contributed by atoms with Crippen LogP contribution in [0.1, 0.15) is 37.1 Å². The van der Waals surface area contributed by atoms with E-state index in [1.165, 1.54) is 12.1 Å². The molecule has 2 atom stereocenters. The molecule has 0 radical (unpaired) electrons. The number of nitrogens with one attached hydrogen (secondary N) is 2. The van der Waals surface area contributed by atoms with Crippen molar-refractivity contribution in [1.29, 1.82) is 0 Å². The summed E-state index contributed by atoms with van der Waals surface area (Å²) in [6, 6.07) is 7.66. The van der Waals surface area contributed by atoms with Gasteiger partial charge in [0.1, 0.15) is 11.6 Å². The first kappa shape index (κ1) is 19.6. The van der Waals surface area contributed by atoms with Crippen molar-refractivity contribution in [3.63, 3.8) is 0 Å². The zero-order valence-corrected chi connectivity index (χ0v) is 15.3. The van der Waals surface area contributed by atoms with Gasteiger partial charge in [-0.25, -0.2) is 8.78 Å². The highest BCUT2D eigenvalue weighted by atomic mass is 35.5. The molecule has 25 heavy (non-hydrogen) atoms. The molecule has 0 unspecified atom stereocenters. The third kappa shape index (κ3) is 5.39. The van der Waals surface area contributed by atoms with Crippen molar-refractivity contribution < 1.29 is 13.6 Å². The van der Waals surface area contributed by atoms with E-state index in [4.69, 9.17) is 23.2 Å². The lowest BCUT2D eigenvalue weighted by atomic mass is 10.1. The van der Waals surface area contributed by atoms with E-state index in [2.05, 4.69) is 10.6 Å². The molecule has 0 aromatic heterocycles. The van der Waals surface area contributed by atoms with Crippen LogP contribution in [-0.4, -0.2) is 12.5 Å². The van der Waals surface area contributed by atoms with E-state index < -0.39 is 17.7 Å². The molecule has 0 heterocycles. The number of carbonyl (C=O) groups excluding carboxylic acids is 1. The Balaban J connectivity index is 1.91. The van der Waals surface area contributed by atoms with E-state index in [9.17, 15) is 13.6 Å². The predicted octanol–water partition coefficient (Wildman–Crippen LogP) is 4.80. The fraction of sp³-hybridized carbons (Fsp3) is 0.278. The Hall–Kier alpha value is -1.69. The number of hydrogen-bond acceptors (Lipinski definition) is 2. The molecule has 0 fully saturated rings. The SMILES string of the molecule is C[C@@H](NCC(=O)N[C@H](C)c1ccc(Cl)cc1Cl)c1ccc(F)cc1F. The number of amides is 1. The van der Waals surface area contributed by atoms with Gasteiger partial charge in [-0.3, -0.25) is 4.79 Å². The van der Waals surface area contributed by atoms with Crippen molar-refractivity contribution in [3.05, 3.63) is 69.2 Å². The number of halogens is 4. The Kier molecular flexibility index (Phi) is 6.76. The molecule has 3 nitrogen and oxygen atoms in total. The van der Waals surface area contributed by atoms with Gasteiger partial charge in [-0.1, -0.05) is 35.3 Å². The van der Waals surface area contributed by atoms with Gasteiger partial charge in [0.25, 0.3) is 0 Å². The average Bonchev–Trinajstić information content (AvgIpc) is 2.52. The molecule has 134 valence electrons. The van der Waals surface area contributed by atoms with Gasteiger partial charge in [-0.2, -0.15) is 0 Å². The predicted molar refractivity (Wildman–Crippen MR) is 95.8 cm³/mol.